The third-order valence-corrected chi connectivity index (χ3v) is 4.29. The molecule has 0 aliphatic rings. The fourth-order valence-corrected chi connectivity index (χ4v) is 2.93. The molecule has 0 aromatic heterocycles. The van der Waals surface area contributed by atoms with Gasteiger partial charge in [-0.3, -0.25) is 4.72 Å². The number of nitrogens with two attached hydrogens (primary N) is 1. The predicted molar refractivity (Wildman–Crippen MR) is 77.6 cm³/mol. The second-order valence-corrected chi connectivity index (χ2v) is 6.12. The molecule has 0 spiro atoms. The van der Waals surface area contributed by atoms with Crippen molar-refractivity contribution in [2.75, 3.05) is 10.5 Å². The van der Waals surface area contributed by atoms with E-state index in [1.54, 1.807) is 36.4 Å². The van der Waals surface area contributed by atoms with E-state index in [-0.39, 0.29) is 4.90 Å². The van der Waals surface area contributed by atoms with E-state index in [1.807, 2.05) is 19.9 Å². The third-order valence-electron chi connectivity index (χ3n) is 2.91. The van der Waals surface area contributed by atoms with Crippen LogP contribution in [0.15, 0.2) is 47.4 Å². The first-order valence-electron chi connectivity index (χ1n) is 5.85. The van der Waals surface area contributed by atoms with Crippen molar-refractivity contribution in [3.63, 3.8) is 0 Å². The molecule has 2 aromatic carbocycles. The molecule has 0 saturated heterocycles. The van der Waals surface area contributed by atoms with Crippen molar-refractivity contribution >= 4 is 21.4 Å². The van der Waals surface area contributed by atoms with Gasteiger partial charge >= 0.3 is 0 Å². The Morgan fingerprint density at radius 1 is 1.00 bits per heavy atom. The highest BCUT2D eigenvalue weighted by atomic mass is 32.2. The molecule has 0 heterocycles. The molecule has 0 saturated carbocycles. The van der Waals surface area contributed by atoms with Gasteiger partial charge in [-0.1, -0.05) is 24.3 Å². The second-order valence-electron chi connectivity index (χ2n) is 4.44. The monoisotopic (exact) mass is 276 g/mol. The number of hydrogen-bond donors (Lipinski definition) is 2. The van der Waals surface area contributed by atoms with Gasteiger partial charge in [-0.15, -0.1) is 0 Å². The molecular formula is C14H16N2O2S. The van der Waals surface area contributed by atoms with Gasteiger partial charge < -0.3 is 5.73 Å². The normalized spacial score (nSPS) is 11.3. The average molecular weight is 276 g/mol. The van der Waals surface area contributed by atoms with E-state index < -0.39 is 10.0 Å². The van der Waals surface area contributed by atoms with Gasteiger partial charge in [0.1, 0.15) is 0 Å². The van der Waals surface area contributed by atoms with Crippen molar-refractivity contribution in [2.45, 2.75) is 18.7 Å². The lowest BCUT2D eigenvalue weighted by atomic mass is 10.1. The Morgan fingerprint density at radius 2 is 1.63 bits per heavy atom. The van der Waals surface area contributed by atoms with Crippen LogP contribution in [0.5, 0.6) is 0 Å². The van der Waals surface area contributed by atoms with E-state index in [0.717, 1.165) is 11.1 Å². The van der Waals surface area contributed by atoms with E-state index in [4.69, 9.17) is 5.73 Å². The third kappa shape index (κ3) is 2.88. The van der Waals surface area contributed by atoms with E-state index >= 15 is 0 Å². The fraction of sp³-hybridized carbons (Fsp3) is 0.143. The van der Waals surface area contributed by atoms with Crippen molar-refractivity contribution in [1.29, 1.82) is 0 Å². The molecule has 0 atom stereocenters. The van der Waals surface area contributed by atoms with Crippen molar-refractivity contribution in [3.05, 3.63) is 53.6 Å². The van der Waals surface area contributed by atoms with E-state index in [0.29, 0.717) is 11.4 Å². The maximum Gasteiger partial charge on any atom is 0.261 e. The number of nitrogens with one attached hydrogen (secondary N) is 1. The summed E-state index contributed by atoms with van der Waals surface area (Å²) < 4.78 is 27.0. The highest BCUT2D eigenvalue weighted by molar-refractivity contribution is 7.92. The first kappa shape index (κ1) is 13.4. The SMILES string of the molecule is Cc1cc(C)c(NS(=O)(=O)c2ccccc2)cc1N. The van der Waals surface area contributed by atoms with Crippen LogP contribution in [0.2, 0.25) is 0 Å². The Hall–Kier alpha value is -2.01. The summed E-state index contributed by atoms with van der Waals surface area (Å²) in [4.78, 5) is 0.230. The van der Waals surface area contributed by atoms with E-state index in [9.17, 15) is 8.42 Å². The molecule has 0 amide bonds. The van der Waals surface area contributed by atoms with Crippen molar-refractivity contribution in [1.82, 2.24) is 0 Å². The number of hydrogen-bond acceptors (Lipinski definition) is 3. The van der Waals surface area contributed by atoms with Crippen LogP contribution < -0.4 is 10.5 Å². The van der Waals surface area contributed by atoms with Crippen LogP contribution in [0.1, 0.15) is 11.1 Å². The summed E-state index contributed by atoms with van der Waals surface area (Å²) in [6.07, 6.45) is 0. The first-order chi connectivity index (χ1) is 8.90. The Labute approximate surface area is 113 Å². The van der Waals surface area contributed by atoms with Crippen LogP contribution in [0, 0.1) is 13.8 Å². The molecule has 2 rings (SSSR count). The molecule has 19 heavy (non-hydrogen) atoms. The Balaban J connectivity index is 2.39. The van der Waals surface area contributed by atoms with Crippen LogP contribution in [-0.4, -0.2) is 8.42 Å². The Kier molecular flexibility index (Phi) is 3.48. The largest absolute Gasteiger partial charge is 0.398 e. The van der Waals surface area contributed by atoms with Gasteiger partial charge in [0.15, 0.2) is 0 Å². The molecule has 0 fully saturated rings. The van der Waals surface area contributed by atoms with Gasteiger partial charge in [0.2, 0.25) is 0 Å². The summed E-state index contributed by atoms with van der Waals surface area (Å²) in [6, 6.07) is 11.7. The smallest absolute Gasteiger partial charge is 0.261 e. The molecule has 100 valence electrons. The Bertz CT molecular complexity index is 695. The van der Waals surface area contributed by atoms with Crippen molar-refractivity contribution in [3.8, 4) is 0 Å². The minimum Gasteiger partial charge on any atom is -0.398 e. The summed E-state index contributed by atoms with van der Waals surface area (Å²) in [7, 11) is -3.57. The number of nitrogen functional groups attached to an aromatic ring is 1. The van der Waals surface area contributed by atoms with Gasteiger partial charge in [0.05, 0.1) is 10.6 Å². The lowest BCUT2D eigenvalue weighted by Crippen LogP contribution is -2.14. The zero-order valence-corrected chi connectivity index (χ0v) is 11.7. The summed E-state index contributed by atoms with van der Waals surface area (Å²) in [6.45, 7) is 3.73. The fourth-order valence-electron chi connectivity index (χ4n) is 1.78. The van der Waals surface area contributed by atoms with Crippen LogP contribution in [-0.2, 0) is 10.0 Å². The summed E-state index contributed by atoms with van der Waals surface area (Å²) in [5, 5.41) is 0. The molecule has 0 radical (unpaired) electrons. The lowest BCUT2D eigenvalue weighted by Gasteiger charge is -2.12. The second kappa shape index (κ2) is 4.93. The quantitative estimate of drug-likeness (QED) is 0.847. The maximum atomic E-state index is 12.2. The van der Waals surface area contributed by atoms with Crippen LogP contribution in [0.3, 0.4) is 0 Å². The average Bonchev–Trinajstić information content (AvgIpc) is 2.37. The van der Waals surface area contributed by atoms with Crippen molar-refractivity contribution in [2.24, 2.45) is 0 Å². The van der Waals surface area contributed by atoms with Crippen LogP contribution in [0.25, 0.3) is 0 Å². The van der Waals surface area contributed by atoms with Gasteiger partial charge in [-0.05, 0) is 43.2 Å². The molecule has 5 heteroatoms. The lowest BCUT2D eigenvalue weighted by molar-refractivity contribution is 0.601. The molecule has 0 unspecified atom stereocenters. The van der Waals surface area contributed by atoms with Gasteiger partial charge in [0, 0.05) is 5.69 Å². The predicted octanol–water partition coefficient (Wildman–Crippen LogP) is 2.69. The van der Waals surface area contributed by atoms with Crippen LogP contribution >= 0.6 is 0 Å². The molecular weight excluding hydrogens is 260 g/mol. The topological polar surface area (TPSA) is 72.2 Å². The Morgan fingerprint density at radius 3 is 2.26 bits per heavy atom. The van der Waals surface area contributed by atoms with Gasteiger partial charge in [0.25, 0.3) is 10.0 Å². The number of anilines is 2. The highest BCUT2D eigenvalue weighted by Gasteiger charge is 2.15. The molecule has 3 N–H and O–H groups in total. The molecule has 2 aromatic rings. The summed E-state index contributed by atoms with van der Waals surface area (Å²) >= 11 is 0. The van der Waals surface area contributed by atoms with Gasteiger partial charge in [-0.25, -0.2) is 8.42 Å². The van der Waals surface area contributed by atoms with Crippen LogP contribution in [0.4, 0.5) is 11.4 Å². The zero-order chi connectivity index (χ0) is 14.0. The zero-order valence-electron chi connectivity index (χ0n) is 10.8. The summed E-state index contributed by atoms with van der Waals surface area (Å²) in [5.74, 6) is 0. The molecule has 0 aliphatic heterocycles. The summed E-state index contributed by atoms with van der Waals surface area (Å²) in [5.41, 5.74) is 8.65. The van der Waals surface area contributed by atoms with E-state index in [1.165, 1.54) is 0 Å². The highest BCUT2D eigenvalue weighted by Crippen LogP contribution is 2.24. The standard InChI is InChI=1S/C14H16N2O2S/c1-10-8-11(2)14(9-13(10)15)16-19(17,18)12-6-4-3-5-7-12/h3-9,16H,15H2,1-2H3. The minimum absolute atomic E-state index is 0.230. The van der Waals surface area contributed by atoms with E-state index in [2.05, 4.69) is 4.72 Å². The number of rotatable bonds is 3. The number of sulfonamides is 1. The van der Waals surface area contributed by atoms with Crippen molar-refractivity contribution < 1.29 is 8.42 Å². The maximum absolute atomic E-state index is 12.2. The van der Waals surface area contributed by atoms with Gasteiger partial charge in [-0.2, -0.15) is 0 Å². The number of aryl methyl sites for hydroxylation is 2. The molecule has 0 aliphatic carbocycles. The molecule has 0 bridgehead atoms. The first-order valence-corrected chi connectivity index (χ1v) is 7.33. The molecule has 4 nitrogen and oxygen atoms in total. The minimum atomic E-state index is -3.57. The number of benzene rings is 2.